The quantitative estimate of drug-likeness (QED) is 0.111. The standard InChI is InChI=1S/C36H38N4O8.Zn/c1-17-21(5-9-33(41)42)29-14-27-19(3)22(6-10-34(43)44)30(39-27)15-28-20(4)24(8-12-36(47)48)32(40-28)16-31-23(7-11-35(45)46)18(2)26(38-31)13-25(17)37-29;/h13-16,38,40H,5-12H2,1-4H3,(H,41,42)(H,43,44)(H,45,46)(H,47,48);/q;+2. The topological polar surface area (TPSA) is 207 Å². The molecule has 0 aromatic carbocycles. The third-order valence-corrected chi connectivity index (χ3v) is 9.16. The zero-order chi connectivity index (χ0) is 34.9. The second-order valence-electron chi connectivity index (χ2n) is 12.2. The number of nitrogens with one attached hydrogen (secondary N) is 2. The summed E-state index contributed by atoms with van der Waals surface area (Å²) in [6.07, 6.45) is 0.578. The van der Waals surface area contributed by atoms with Crippen molar-refractivity contribution in [3.8, 4) is 0 Å². The Hall–Kier alpha value is -4.90. The van der Waals surface area contributed by atoms with Gasteiger partial charge in [0.05, 0.1) is 22.8 Å². The molecule has 49 heavy (non-hydrogen) atoms. The van der Waals surface area contributed by atoms with Gasteiger partial charge in [-0.3, -0.25) is 19.2 Å². The van der Waals surface area contributed by atoms with Gasteiger partial charge in [-0.15, -0.1) is 0 Å². The molecule has 2 aliphatic rings. The smallest absolute Gasteiger partial charge is 0.481 e. The van der Waals surface area contributed by atoms with Crippen molar-refractivity contribution in [2.24, 2.45) is 0 Å². The average Bonchev–Trinajstić information content (AvgIpc) is 3.66. The van der Waals surface area contributed by atoms with Crippen LogP contribution in [0, 0.1) is 13.8 Å². The molecule has 3 aromatic rings. The van der Waals surface area contributed by atoms with Crippen molar-refractivity contribution < 1.29 is 59.1 Å². The number of aromatic nitrogens is 4. The maximum absolute atomic E-state index is 11.6. The van der Waals surface area contributed by atoms with Gasteiger partial charge in [-0.25, -0.2) is 9.97 Å². The first-order chi connectivity index (χ1) is 22.7. The third-order valence-electron chi connectivity index (χ3n) is 9.16. The monoisotopic (exact) mass is 718 g/mol. The van der Waals surface area contributed by atoms with Crippen LogP contribution in [0.2, 0.25) is 0 Å². The van der Waals surface area contributed by atoms with Crippen molar-refractivity contribution in [3.63, 3.8) is 0 Å². The predicted molar refractivity (Wildman–Crippen MR) is 181 cm³/mol. The molecule has 250 valence electrons. The van der Waals surface area contributed by atoms with E-state index in [1.54, 1.807) is 0 Å². The van der Waals surface area contributed by atoms with E-state index in [9.17, 15) is 39.6 Å². The van der Waals surface area contributed by atoms with Crippen molar-refractivity contribution in [2.75, 3.05) is 0 Å². The van der Waals surface area contributed by atoms with Crippen LogP contribution in [-0.2, 0) is 51.5 Å². The first-order valence-corrected chi connectivity index (χ1v) is 15.7. The molecule has 2 aliphatic heterocycles. The Morgan fingerprint density at radius 3 is 1.27 bits per heavy atom. The number of carbonyl (C=O) groups is 4. The number of hydrogen-bond acceptors (Lipinski definition) is 6. The molecule has 0 spiro atoms. The summed E-state index contributed by atoms with van der Waals surface area (Å²) in [5.74, 6) is -3.76. The maximum Gasteiger partial charge on any atom is 2.00 e. The van der Waals surface area contributed by atoms with Gasteiger partial charge in [0.15, 0.2) is 0 Å². The van der Waals surface area contributed by atoms with Crippen LogP contribution < -0.4 is 0 Å². The van der Waals surface area contributed by atoms with Crippen LogP contribution in [0.15, 0.2) is 24.3 Å². The molecular weight excluding hydrogens is 682 g/mol. The Labute approximate surface area is 294 Å². The van der Waals surface area contributed by atoms with Crippen molar-refractivity contribution in [3.05, 3.63) is 69.3 Å². The van der Waals surface area contributed by atoms with E-state index in [0.29, 0.717) is 44.8 Å². The molecule has 0 unspecified atom stereocenters. The van der Waals surface area contributed by atoms with Crippen molar-refractivity contribution in [1.82, 2.24) is 19.9 Å². The summed E-state index contributed by atoms with van der Waals surface area (Å²) in [6, 6.07) is 7.40. The number of allylic oxidation sites excluding steroid dienone is 4. The average molecular weight is 720 g/mol. The van der Waals surface area contributed by atoms with E-state index in [4.69, 9.17) is 9.97 Å². The molecule has 0 atom stereocenters. The Kier molecular flexibility index (Phi) is 11.4. The van der Waals surface area contributed by atoms with Gasteiger partial charge in [0, 0.05) is 47.8 Å². The van der Waals surface area contributed by atoms with Crippen LogP contribution in [0.3, 0.4) is 0 Å². The van der Waals surface area contributed by atoms with Crippen LogP contribution in [0.1, 0.15) is 97.4 Å². The van der Waals surface area contributed by atoms with Crippen LogP contribution in [0.5, 0.6) is 0 Å². The number of rotatable bonds is 12. The van der Waals surface area contributed by atoms with E-state index in [2.05, 4.69) is 9.97 Å². The normalized spacial score (nSPS) is 12.7. The first-order valence-electron chi connectivity index (χ1n) is 15.7. The molecule has 0 aliphatic carbocycles. The molecule has 0 radical (unpaired) electrons. The number of fused-ring (bicyclic) bond motifs is 8. The second-order valence-corrected chi connectivity index (χ2v) is 12.2. The molecule has 0 fully saturated rings. The van der Waals surface area contributed by atoms with Crippen LogP contribution in [0.4, 0.5) is 0 Å². The number of hydrogen-bond donors (Lipinski definition) is 6. The summed E-state index contributed by atoms with van der Waals surface area (Å²) in [4.78, 5) is 63.1. The van der Waals surface area contributed by atoms with Crippen molar-refractivity contribution >= 4 is 68.2 Å². The molecule has 3 aromatic heterocycles. The van der Waals surface area contributed by atoms with Crippen LogP contribution in [-0.4, -0.2) is 64.2 Å². The molecule has 12 nitrogen and oxygen atoms in total. The van der Waals surface area contributed by atoms with Crippen molar-refractivity contribution in [1.29, 1.82) is 0 Å². The summed E-state index contributed by atoms with van der Waals surface area (Å²) in [7, 11) is 0. The van der Waals surface area contributed by atoms with E-state index < -0.39 is 23.9 Å². The zero-order valence-corrected chi connectivity index (χ0v) is 31.0. The minimum Gasteiger partial charge on any atom is -0.481 e. The molecular formula is C36H38N4O8Zn+2. The molecule has 5 heterocycles. The van der Waals surface area contributed by atoms with Gasteiger partial charge < -0.3 is 30.4 Å². The first kappa shape index (κ1) is 36.9. The number of carboxylic acid groups (broad SMARTS) is 4. The molecule has 0 saturated heterocycles. The molecule has 0 amide bonds. The van der Waals surface area contributed by atoms with Gasteiger partial charge in [0.1, 0.15) is 0 Å². The minimum absolute atomic E-state index is 0. The number of nitrogens with zero attached hydrogens (tertiary/aromatic N) is 2. The third kappa shape index (κ3) is 8.05. The molecule has 6 N–H and O–H groups in total. The van der Waals surface area contributed by atoms with Crippen LogP contribution in [0.25, 0.3) is 44.4 Å². The Balaban J connectivity index is 0.00000541. The number of H-pyrrole nitrogens is 2. The Morgan fingerprint density at radius 1 is 0.510 bits per heavy atom. The number of carboxylic acids is 4. The fourth-order valence-electron chi connectivity index (χ4n) is 6.42. The number of aliphatic carboxylic acids is 4. The zero-order valence-electron chi connectivity index (χ0n) is 28.0. The van der Waals surface area contributed by atoms with E-state index >= 15 is 0 Å². The van der Waals surface area contributed by atoms with Gasteiger partial charge >= 0.3 is 43.4 Å². The minimum atomic E-state index is -0.946. The SMILES string of the molecule is CC1=C(CCC(=O)O)c2cc3nc(cc4[nH]c(cc5[nH]c(cc1n2)c(C)c5CCC(=O)O)c(CCC(=O)O)c4C)C(CCC(=O)O)=C3C.[Zn+2]. The number of aromatic amines is 2. The predicted octanol–water partition coefficient (Wildman–Crippen LogP) is 6.55. The van der Waals surface area contributed by atoms with Crippen molar-refractivity contribution in [2.45, 2.75) is 79.1 Å². The second kappa shape index (κ2) is 15.1. The molecule has 0 saturated carbocycles. The van der Waals surface area contributed by atoms with Gasteiger partial charge in [-0.2, -0.15) is 0 Å². The number of aryl methyl sites for hydroxylation is 4. The molecule has 8 bridgehead atoms. The summed E-state index contributed by atoms with van der Waals surface area (Å²) in [5, 5.41) is 38.0. The van der Waals surface area contributed by atoms with Gasteiger partial charge in [-0.1, -0.05) is 0 Å². The fraction of sp³-hybridized carbons (Fsp3) is 0.333. The summed E-state index contributed by atoms with van der Waals surface area (Å²) in [6.45, 7) is 7.56. The largest absolute Gasteiger partial charge is 2.00 e. The summed E-state index contributed by atoms with van der Waals surface area (Å²) < 4.78 is 0. The Morgan fingerprint density at radius 2 is 0.857 bits per heavy atom. The molecule has 13 heteroatoms. The van der Waals surface area contributed by atoms with E-state index in [1.807, 2.05) is 52.0 Å². The van der Waals surface area contributed by atoms with E-state index in [1.165, 1.54) is 0 Å². The van der Waals surface area contributed by atoms with Crippen LogP contribution >= 0.6 is 0 Å². The van der Waals surface area contributed by atoms with E-state index in [-0.39, 0.29) is 70.8 Å². The summed E-state index contributed by atoms with van der Waals surface area (Å²) in [5.41, 5.74) is 11.4. The van der Waals surface area contributed by atoms with Gasteiger partial charge in [0.25, 0.3) is 0 Å². The summed E-state index contributed by atoms with van der Waals surface area (Å²) >= 11 is 0. The maximum atomic E-state index is 11.6. The fourth-order valence-corrected chi connectivity index (χ4v) is 6.42. The van der Waals surface area contributed by atoms with Gasteiger partial charge in [-0.05, 0) is 122 Å². The molecule has 5 rings (SSSR count). The van der Waals surface area contributed by atoms with E-state index in [0.717, 1.165) is 44.5 Å². The van der Waals surface area contributed by atoms with Gasteiger partial charge in [0.2, 0.25) is 0 Å². The Bertz CT molecular complexity index is 2100.